The van der Waals surface area contributed by atoms with Crippen LogP contribution in [-0.4, -0.2) is 42.2 Å². The summed E-state index contributed by atoms with van der Waals surface area (Å²) in [7, 11) is 1.85. The minimum atomic E-state index is -0.268. The van der Waals surface area contributed by atoms with Gasteiger partial charge in [-0.05, 0) is 30.2 Å². The number of oxazole rings is 1. The number of carbonyl (C=O) groups excluding carboxylic acids is 1. The Kier molecular flexibility index (Phi) is 7.55. The van der Waals surface area contributed by atoms with E-state index in [0.717, 1.165) is 35.3 Å². The summed E-state index contributed by atoms with van der Waals surface area (Å²) in [5.41, 5.74) is 3.81. The molecule has 0 saturated carbocycles. The number of anilines is 2. The zero-order valence-corrected chi connectivity index (χ0v) is 22.0. The Morgan fingerprint density at radius 2 is 2.05 bits per heavy atom. The molecule has 0 fully saturated rings. The van der Waals surface area contributed by atoms with Gasteiger partial charge in [0.2, 0.25) is 5.95 Å². The summed E-state index contributed by atoms with van der Waals surface area (Å²) < 4.78 is 7.23. The molecular weight excluding hydrogens is 494 g/mol. The molecule has 1 atom stereocenters. The third kappa shape index (κ3) is 5.95. The number of nitrogens with one attached hydrogen (secondary N) is 3. The van der Waals surface area contributed by atoms with Gasteiger partial charge < -0.3 is 20.4 Å². The SMILES string of the molecule is Cl.Cn1cc(Nc2ncnc(-c3ccc4c(c3)CNCC[C@H]4NC(=O)c3coc(C(C)(C)C)n3)n2)cn1. The van der Waals surface area contributed by atoms with Gasteiger partial charge >= 0.3 is 0 Å². The predicted molar refractivity (Wildman–Crippen MR) is 141 cm³/mol. The minimum absolute atomic E-state index is 0. The van der Waals surface area contributed by atoms with Gasteiger partial charge in [0.15, 0.2) is 17.4 Å². The number of rotatable bonds is 5. The Hall–Kier alpha value is -3.83. The second kappa shape index (κ2) is 10.7. The van der Waals surface area contributed by atoms with Crippen molar-refractivity contribution in [2.75, 3.05) is 11.9 Å². The van der Waals surface area contributed by atoms with E-state index in [-0.39, 0.29) is 35.5 Å². The molecule has 4 aromatic rings. The fraction of sp³-hybridized carbons (Fsp3) is 0.360. The van der Waals surface area contributed by atoms with Crippen LogP contribution in [0.2, 0.25) is 0 Å². The van der Waals surface area contributed by atoms with Gasteiger partial charge in [-0.1, -0.05) is 32.9 Å². The third-order valence-electron chi connectivity index (χ3n) is 5.92. The maximum Gasteiger partial charge on any atom is 0.273 e. The molecule has 1 aliphatic heterocycles. The lowest BCUT2D eigenvalue weighted by Crippen LogP contribution is -2.30. The zero-order valence-electron chi connectivity index (χ0n) is 21.1. The molecule has 0 saturated heterocycles. The fourth-order valence-electron chi connectivity index (χ4n) is 4.08. The number of benzene rings is 1. The van der Waals surface area contributed by atoms with Gasteiger partial charge in [0.25, 0.3) is 5.91 Å². The Balaban J connectivity index is 0.00000320. The normalized spacial score (nSPS) is 15.3. The summed E-state index contributed by atoms with van der Waals surface area (Å²) in [6.07, 6.45) is 7.21. The van der Waals surface area contributed by atoms with Gasteiger partial charge in [0.05, 0.1) is 17.9 Å². The molecule has 3 aromatic heterocycles. The average molecular weight is 524 g/mol. The molecule has 0 aliphatic carbocycles. The fourth-order valence-corrected chi connectivity index (χ4v) is 4.08. The molecule has 1 aromatic carbocycles. The van der Waals surface area contributed by atoms with Gasteiger partial charge in [-0.3, -0.25) is 9.48 Å². The van der Waals surface area contributed by atoms with E-state index in [9.17, 15) is 4.79 Å². The number of aryl methyl sites for hydroxylation is 1. The van der Waals surface area contributed by atoms with Crippen LogP contribution >= 0.6 is 12.4 Å². The van der Waals surface area contributed by atoms with Crippen molar-refractivity contribution in [2.24, 2.45) is 7.05 Å². The molecule has 5 rings (SSSR count). The monoisotopic (exact) mass is 523 g/mol. The van der Waals surface area contributed by atoms with E-state index in [0.29, 0.717) is 24.2 Å². The van der Waals surface area contributed by atoms with Crippen molar-refractivity contribution in [3.8, 4) is 11.4 Å². The van der Waals surface area contributed by atoms with Crippen molar-refractivity contribution in [3.05, 3.63) is 65.9 Å². The van der Waals surface area contributed by atoms with Crippen LogP contribution in [0.1, 0.15) is 60.7 Å². The minimum Gasteiger partial charge on any atom is -0.448 e. The van der Waals surface area contributed by atoms with E-state index in [1.807, 2.05) is 46.1 Å². The van der Waals surface area contributed by atoms with Crippen LogP contribution in [0.4, 0.5) is 11.6 Å². The summed E-state index contributed by atoms with van der Waals surface area (Å²) in [5, 5.41) is 13.9. The first-order chi connectivity index (χ1) is 17.3. The molecule has 1 aliphatic rings. The first-order valence-electron chi connectivity index (χ1n) is 11.8. The Bertz CT molecular complexity index is 1390. The number of carbonyl (C=O) groups is 1. The third-order valence-corrected chi connectivity index (χ3v) is 5.92. The van der Waals surface area contributed by atoms with E-state index < -0.39 is 0 Å². The second-order valence-electron chi connectivity index (χ2n) is 9.85. The highest BCUT2D eigenvalue weighted by Crippen LogP contribution is 2.29. The number of halogens is 1. The highest BCUT2D eigenvalue weighted by Gasteiger charge is 2.26. The van der Waals surface area contributed by atoms with E-state index in [1.165, 1.54) is 12.6 Å². The Morgan fingerprint density at radius 3 is 2.78 bits per heavy atom. The molecule has 0 radical (unpaired) electrons. The molecule has 0 spiro atoms. The molecule has 12 heteroatoms. The molecule has 3 N–H and O–H groups in total. The van der Waals surface area contributed by atoms with Crippen molar-refractivity contribution in [2.45, 2.75) is 45.2 Å². The predicted octanol–water partition coefficient (Wildman–Crippen LogP) is 3.69. The standard InChI is InChI=1S/C25H29N9O2.ClH/c1-25(2,3)23-32-20(13-36-23)22(35)31-19-7-8-26-10-16-9-15(5-6-18(16)19)21-27-14-28-24(33-21)30-17-11-29-34(4)12-17;/h5-6,9,11-14,19,26H,7-8,10H2,1-4H3,(H,31,35)(H,27,28,30,33);1H/t19-;/m1./s1. The van der Waals surface area contributed by atoms with Crippen molar-refractivity contribution in [3.63, 3.8) is 0 Å². The van der Waals surface area contributed by atoms with Gasteiger partial charge in [0.1, 0.15) is 12.6 Å². The van der Waals surface area contributed by atoms with Crippen LogP contribution in [-0.2, 0) is 19.0 Å². The van der Waals surface area contributed by atoms with E-state index in [4.69, 9.17) is 4.42 Å². The topological polar surface area (TPSA) is 136 Å². The molecule has 0 unspecified atom stereocenters. The number of fused-ring (bicyclic) bond motifs is 1. The van der Waals surface area contributed by atoms with Crippen molar-refractivity contribution < 1.29 is 9.21 Å². The first-order valence-corrected chi connectivity index (χ1v) is 11.8. The van der Waals surface area contributed by atoms with Gasteiger partial charge in [-0.25, -0.2) is 15.0 Å². The average Bonchev–Trinajstić information content (AvgIpc) is 3.46. The highest BCUT2D eigenvalue weighted by molar-refractivity contribution is 5.92. The summed E-state index contributed by atoms with van der Waals surface area (Å²) in [5.74, 6) is 1.28. The number of nitrogens with zero attached hydrogens (tertiary/aromatic N) is 6. The highest BCUT2D eigenvalue weighted by atomic mass is 35.5. The lowest BCUT2D eigenvalue weighted by Gasteiger charge is -2.19. The van der Waals surface area contributed by atoms with Gasteiger partial charge in [-0.15, -0.1) is 12.4 Å². The van der Waals surface area contributed by atoms with E-state index in [2.05, 4.69) is 47.1 Å². The molecule has 4 heterocycles. The van der Waals surface area contributed by atoms with Crippen molar-refractivity contribution in [1.82, 2.24) is 40.3 Å². The van der Waals surface area contributed by atoms with Crippen LogP contribution in [0, 0.1) is 0 Å². The lowest BCUT2D eigenvalue weighted by molar-refractivity contribution is 0.0930. The molecule has 1 amide bonds. The molecule has 11 nitrogen and oxygen atoms in total. The van der Waals surface area contributed by atoms with Crippen LogP contribution in [0.25, 0.3) is 11.4 Å². The molecule has 194 valence electrons. The summed E-state index contributed by atoms with van der Waals surface area (Å²) in [6.45, 7) is 7.44. The van der Waals surface area contributed by atoms with Gasteiger partial charge in [-0.2, -0.15) is 10.1 Å². The quantitative estimate of drug-likeness (QED) is 0.357. The number of hydrogen-bond donors (Lipinski definition) is 3. The zero-order chi connectivity index (χ0) is 25.3. The molecule has 0 bridgehead atoms. The Labute approximate surface area is 220 Å². The summed E-state index contributed by atoms with van der Waals surface area (Å²) >= 11 is 0. The number of aromatic nitrogens is 6. The van der Waals surface area contributed by atoms with Gasteiger partial charge in [0, 0.05) is 30.8 Å². The van der Waals surface area contributed by atoms with E-state index >= 15 is 0 Å². The maximum atomic E-state index is 13.0. The number of amides is 1. The maximum absolute atomic E-state index is 13.0. The van der Waals surface area contributed by atoms with Crippen LogP contribution in [0.15, 0.2) is 47.6 Å². The van der Waals surface area contributed by atoms with Crippen molar-refractivity contribution >= 4 is 29.9 Å². The second-order valence-corrected chi connectivity index (χ2v) is 9.85. The molecular formula is C25H30ClN9O2. The first kappa shape index (κ1) is 26.2. The van der Waals surface area contributed by atoms with Crippen LogP contribution in [0.5, 0.6) is 0 Å². The molecule has 37 heavy (non-hydrogen) atoms. The largest absolute Gasteiger partial charge is 0.448 e. The van der Waals surface area contributed by atoms with Crippen LogP contribution in [0.3, 0.4) is 0 Å². The smallest absolute Gasteiger partial charge is 0.273 e. The summed E-state index contributed by atoms with van der Waals surface area (Å²) in [6, 6.07) is 5.90. The summed E-state index contributed by atoms with van der Waals surface area (Å²) in [4.78, 5) is 30.5. The Morgan fingerprint density at radius 1 is 1.22 bits per heavy atom. The van der Waals surface area contributed by atoms with E-state index in [1.54, 1.807) is 10.9 Å². The lowest BCUT2D eigenvalue weighted by atomic mass is 9.96. The number of hydrogen-bond acceptors (Lipinski definition) is 9. The van der Waals surface area contributed by atoms with Crippen molar-refractivity contribution in [1.29, 1.82) is 0 Å². The van der Waals surface area contributed by atoms with Crippen LogP contribution < -0.4 is 16.0 Å².